The lowest BCUT2D eigenvalue weighted by atomic mass is 10.0. The largest absolute Gasteiger partial charge is 0.371 e. The van der Waals surface area contributed by atoms with Crippen LogP contribution in [0.1, 0.15) is 56.4 Å². The van der Waals surface area contributed by atoms with E-state index in [1.165, 1.54) is 41.9 Å². The van der Waals surface area contributed by atoms with Crippen LogP contribution in [0.2, 0.25) is 0 Å². The highest BCUT2D eigenvalue weighted by molar-refractivity contribution is 7.15. The number of aliphatic hydroxyl groups is 1. The maximum Gasteiger partial charge on any atom is 0.328 e. The van der Waals surface area contributed by atoms with Gasteiger partial charge in [-0.05, 0) is 19.8 Å². The number of rotatable bonds is 3. The molecule has 1 aliphatic carbocycles. The maximum absolute atomic E-state index is 12.2. The van der Waals surface area contributed by atoms with E-state index in [0.29, 0.717) is 24.1 Å². The first-order valence-corrected chi connectivity index (χ1v) is 8.62. The van der Waals surface area contributed by atoms with Gasteiger partial charge in [-0.15, -0.1) is 10.2 Å². The average Bonchev–Trinajstić information content (AvgIpc) is 2.93. The molecule has 21 heavy (non-hydrogen) atoms. The topological polar surface area (TPSA) is 69.6 Å². The smallest absolute Gasteiger partial charge is 0.328 e. The molecule has 2 aliphatic rings. The Balaban J connectivity index is 1.76. The minimum atomic E-state index is -0.813. The minimum absolute atomic E-state index is 0.173. The summed E-state index contributed by atoms with van der Waals surface area (Å²) in [5.74, 6) is 0.468. The lowest BCUT2D eigenvalue weighted by Crippen LogP contribution is -2.34. The van der Waals surface area contributed by atoms with Crippen molar-refractivity contribution in [3.05, 3.63) is 5.01 Å². The highest BCUT2D eigenvalue weighted by Crippen LogP contribution is 2.36. The number of hydrogen-bond acceptors (Lipinski definition) is 5. The molecule has 0 radical (unpaired) electrons. The number of carbonyl (C=O) groups excluding carboxylic acids is 1. The molecule has 2 amide bonds. The maximum atomic E-state index is 12.2. The zero-order chi connectivity index (χ0) is 14.8. The van der Waals surface area contributed by atoms with Crippen LogP contribution in [0.25, 0.3) is 0 Å². The van der Waals surface area contributed by atoms with E-state index in [-0.39, 0.29) is 6.03 Å². The van der Waals surface area contributed by atoms with Gasteiger partial charge < -0.3 is 10.0 Å². The van der Waals surface area contributed by atoms with Gasteiger partial charge in [0.25, 0.3) is 0 Å². The SMILES string of the molecule is CCN1CC(O)N(c2nnc(C3CCCCCC3)s2)C1=O. The van der Waals surface area contributed by atoms with E-state index in [2.05, 4.69) is 10.2 Å². The Kier molecular flexibility index (Phi) is 4.40. The Morgan fingerprint density at radius 2 is 1.95 bits per heavy atom. The summed E-state index contributed by atoms with van der Waals surface area (Å²) in [7, 11) is 0. The van der Waals surface area contributed by atoms with E-state index in [1.54, 1.807) is 4.90 Å². The Morgan fingerprint density at radius 1 is 1.24 bits per heavy atom. The molecule has 1 saturated heterocycles. The van der Waals surface area contributed by atoms with Crippen molar-refractivity contribution in [2.24, 2.45) is 0 Å². The summed E-state index contributed by atoms with van der Waals surface area (Å²) in [5.41, 5.74) is 0. The van der Waals surface area contributed by atoms with Crippen LogP contribution in [0.3, 0.4) is 0 Å². The first-order valence-electron chi connectivity index (χ1n) is 7.80. The van der Waals surface area contributed by atoms with Gasteiger partial charge in [0.2, 0.25) is 5.13 Å². The van der Waals surface area contributed by atoms with Crippen molar-refractivity contribution in [2.45, 2.75) is 57.6 Å². The second kappa shape index (κ2) is 6.27. The highest BCUT2D eigenvalue weighted by Gasteiger charge is 2.38. The third kappa shape index (κ3) is 2.89. The van der Waals surface area contributed by atoms with Crippen LogP contribution < -0.4 is 4.90 Å². The molecule has 3 rings (SSSR count). The van der Waals surface area contributed by atoms with Crippen LogP contribution in [0.15, 0.2) is 0 Å². The van der Waals surface area contributed by atoms with Gasteiger partial charge in [-0.2, -0.15) is 0 Å². The molecular weight excluding hydrogens is 288 g/mol. The Bertz CT molecular complexity index is 499. The highest BCUT2D eigenvalue weighted by atomic mass is 32.1. The van der Waals surface area contributed by atoms with E-state index >= 15 is 0 Å². The van der Waals surface area contributed by atoms with Crippen LogP contribution in [-0.4, -0.2) is 45.6 Å². The molecule has 0 aromatic carbocycles. The summed E-state index contributed by atoms with van der Waals surface area (Å²) in [4.78, 5) is 15.2. The normalized spacial score (nSPS) is 24.7. The van der Waals surface area contributed by atoms with Crippen molar-refractivity contribution in [1.82, 2.24) is 15.1 Å². The molecule has 1 atom stereocenters. The number of aromatic nitrogens is 2. The summed E-state index contributed by atoms with van der Waals surface area (Å²) in [6.07, 6.45) is 6.60. The van der Waals surface area contributed by atoms with E-state index in [9.17, 15) is 9.90 Å². The molecule has 2 heterocycles. The third-order valence-electron chi connectivity index (χ3n) is 4.38. The molecule has 0 spiro atoms. The fourth-order valence-corrected chi connectivity index (χ4v) is 4.18. The van der Waals surface area contributed by atoms with Crippen molar-refractivity contribution in [3.63, 3.8) is 0 Å². The first kappa shape index (κ1) is 14.7. The molecule has 1 aromatic heterocycles. The summed E-state index contributed by atoms with van der Waals surface area (Å²) in [5, 5.41) is 20.1. The molecule has 1 aliphatic heterocycles. The third-order valence-corrected chi connectivity index (χ3v) is 5.47. The van der Waals surface area contributed by atoms with Crippen molar-refractivity contribution in [2.75, 3.05) is 18.0 Å². The zero-order valence-electron chi connectivity index (χ0n) is 12.4. The quantitative estimate of drug-likeness (QED) is 0.871. The summed E-state index contributed by atoms with van der Waals surface area (Å²) in [6, 6.07) is -0.173. The predicted octanol–water partition coefficient (Wildman–Crippen LogP) is 2.56. The number of nitrogens with zero attached hydrogens (tertiary/aromatic N) is 4. The Hall–Kier alpha value is -1.21. The zero-order valence-corrected chi connectivity index (χ0v) is 13.2. The molecule has 1 N–H and O–H groups in total. The van der Waals surface area contributed by atoms with Crippen molar-refractivity contribution >= 4 is 22.5 Å². The van der Waals surface area contributed by atoms with Crippen LogP contribution in [0.5, 0.6) is 0 Å². The summed E-state index contributed by atoms with van der Waals surface area (Å²) >= 11 is 1.46. The van der Waals surface area contributed by atoms with Crippen LogP contribution in [0.4, 0.5) is 9.93 Å². The molecule has 1 unspecified atom stereocenters. The van der Waals surface area contributed by atoms with Gasteiger partial charge in [-0.25, -0.2) is 9.69 Å². The van der Waals surface area contributed by atoms with Crippen molar-refractivity contribution < 1.29 is 9.90 Å². The number of anilines is 1. The summed E-state index contributed by atoms with van der Waals surface area (Å²) < 4.78 is 0. The Morgan fingerprint density at radius 3 is 2.57 bits per heavy atom. The second-order valence-corrected chi connectivity index (χ2v) is 6.77. The Labute approximate surface area is 128 Å². The van der Waals surface area contributed by atoms with Crippen molar-refractivity contribution in [1.29, 1.82) is 0 Å². The lowest BCUT2D eigenvalue weighted by molar-refractivity contribution is 0.178. The van der Waals surface area contributed by atoms with E-state index < -0.39 is 6.23 Å². The van der Waals surface area contributed by atoms with E-state index in [1.807, 2.05) is 6.92 Å². The fourth-order valence-electron chi connectivity index (χ4n) is 3.13. The monoisotopic (exact) mass is 310 g/mol. The number of carbonyl (C=O) groups is 1. The second-order valence-electron chi connectivity index (χ2n) is 5.78. The van der Waals surface area contributed by atoms with Crippen molar-refractivity contribution in [3.8, 4) is 0 Å². The van der Waals surface area contributed by atoms with Gasteiger partial charge in [0, 0.05) is 12.5 Å². The predicted molar refractivity (Wildman–Crippen MR) is 81.5 cm³/mol. The average molecular weight is 310 g/mol. The fraction of sp³-hybridized carbons (Fsp3) is 0.786. The van der Waals surface area contributed by atoms with Gasteiger partial charge in [0.15, 0.2) is 6.23 Å². The molecule has 0 bridgehead atoms. The standard InChI is InChI=1S/C14H22N4O2S/c1-2-17-9-11(19)18(14(17)20)13-16-15-12(21-13)10-7-5-3-4-6-8-10/h10-11,19H,2-9H2,1H3. The number of hydrogen-bond donors (Lipinski definition) is 1. The molecule has 116 valence electrons. The number of likely N-dealkylation sites (N-methyl/N-ethyl adjacent to an activating group) is 1. The van der Waals surface area contributed by atoms with Gasteiger partial charge >= 0.3 is 6.03 Å². The molecular formula is C14H22N4O2S. The molecule has 6 nitrogen and oxygen atoms in total. The number of amides is 2. The summed E-state index contributed by atoms with van der Waals surface area (Å²) in [6.45, 7) is 2.85. The number of β-amino-alcohol motifs (C(OH)–C–C–N with tert-alkyl or cyclic N) is 1. The van der Waals surface area contributed by atoms with Gasteiger partial charge in [0.05, 0.1) is 6.54 Å². The first-order chi connectivity index (χ1) is 10.2. The number of urea groups is 1. The van der Waals surface area contributed by atoms with E-state index in [4.69, 9.17) is 0 Å². The van der Waals surface area contributed by atoms with Crippen LogP contribution in [-0.2, 0) is 0 Å². The molecule has 2 fully saturated rings. The van der Waals surface area contributed by atoms with Gasteiger partial charge in [-0.3, -0.25) is 0 Å². The van der Waals surface area contributed by atoms with E-state index in [0.717, 1.165) is 17.8 Å². The van der Waals surface area contributed by atoms with Crippen LogP contribution in [0, 0.1) is 0 Å². The van der Waals surface area contributed by atoms with Crippen LogP contribution >= 0.6 is 11.3 Å². The molecule has 7 heteroatoms. The van der Waals surface area contributed by atoms with Gasteiger partial charge in [0.1, 0.15) is 5.01 Å². The molecule has 1 saturated carbocycles. The molecule has 1 aromatic rings. The van der Waals surface area contributed by atoms with Gasteiger partial charge in [-0.1, -0.05) is 37.0 Å². The number of aliphatic hydroxyl groups excluding tert-OH is 1. The minimum Gasteiger partial charge on any atom is -0.371 e. The lowest BCUT2D eigenvalue weighted by Gasteiger charge is -2.15.